The monoisotopic (exact) mass is 359 g/mol. The molecule has 0 saturated carbocycles. The van der Waals surface area contributed by atoms with E-state index in [1.165, 1.54) is 24.1 Å². The van der Waals surface area contributed by atoms with Crippen LogP contribution in [-0.2, 0) is 13.0 Å². The van der Waals surface area contributed by atoms with Crippen LogP contribution < -0.4 is 0 Å². The van der Waals surface area contributed by atoms with Gasteiger partial charge in [0.15, 0.2) is 0 Å². The molecule has 27 heavy (non-hydrogen) atoms. The molecule has 1 aliphatic rings. The molecule has 5 nitrogen and oxygen atoms in total. The molecule has 5 rings (SSSR count). The van der Waals surface area contributed by atoms with Crippen molar-refractivity contribution in [2.45, 2.75) is 32.7 Å². The first-order valence-corrected chi connectivity index (χ1v) is 9.85. The highest BCUT2D eigenvalue weighted by atomic mass is 15.2. The fourth-order valence-corrected chi connectivity index (χ4v) is 4.43. The van der Waals surface area contributed by atoms with Gasteiger partial charge in [0.2, 0.25) is 0 Å². The van der Waals surface area contributed by atoms with Crippen molar-refractivity contribution in [3.63, 3.8) is 0 Å². The van der Waals surface area contributed by atoms with Crippen LogP contribution in [0.1, 0.15) is 30.2 Å². The smallest absolute Gasteiger partial charge is 0.110 e. The molecule has 0 aliphatic carbocycles. The van der Waals surface area contributed by atoms with E-state index in [1.807, 2.05) is 6.07 Å². The Balaban J connectivity index is 1.30. The van der Waals surface area contributed by atoms with E-state index >= 15 is 0 Å². The number of likely N-dealkylation sites (tertiary alicyclic amines) is 1. The number of pyridine rings is 1. The molecule has 0 unspecified atom stereocenters. The maximum atomic E-state index is 4.82. The molecule has 1 atom stereocenters. The molecule has 138 valence electrons. The Morgan fingerprint density at radius 1 is 1.11 bits per heavy atom. The Labute approximate surface area is 159 Å². The minimum absolute atomic E-state index is 0.647. The molecule has 4 aromatic rings. The van der Waals surface area contributed by atoms with Crippen LogP contribution in [0.3, 0.4) is 0 Å². The van der Waals surface area contributed by atoms with E-state index in [2.05, 4.69) is 63.8 Å². The lowest BCUT2D eigenvalue weighted by molar-refractivity contribution is 0.165. The third-order valence-corrected chi connectivity index (χ3v) is 5.70. The van der Waals surface area contributed by atoms with Gasteiger partial charge < -0.3 is 9.38 Å². The fourth-order valence-electron chi connectivity index (χ4n) is 4.43. The van der Waals surface area contributed by atoms with Crippen LogP contribution in [0.5, 0.6) is 0 Å². The number of benzene rings is 1. The largest absolute Gasteiger partial charge is 0.342 e. The van der Waals surface area contributed by atoms with Gasteiger partial charge in [0, 0.05) is 25.7 Å². The van der Waals surface area contributed by atoms with Crippen molar-refractivity contribution in [1.82, 2.24) is 24.3 Å². The summed E-state index contributed by atoms with van der Waals surface area (Å²) in [6.07, 6.45) is 5.64. The number of para-hydroxylation sites is 2. The van der Waals surface area contributed by atoms with Crippen LogP contribution in [0.2, 0.25) is 0 Å². The highest BCUT2D eigenvalue weighted by molar-refractivity contribution is 5.74. The first-order valence-electron chi connectivity index (χ1n) is 9.85. The van der Waals surface area contributed by atoms with Crippen molar-refractivity contribution in [2.75, 3.05) is 13.1 Å². The van der Waals surface area contributed by atoms with Gasteiger partial charge in [0.05, 0.1) is 22.2 Å². The third kappa shape index (κ3) is 3.23. The number of H-pyrrole nitrogens is 1. The zero-order valence-corrected chi connectivity index (χ0v) is 15.7. The first-order chi connectivity index (χ1) is 13.3. The maximum Gasteiger partial charge on any atom is 0.110 e. The first kappa shape index (κ1) is 16.5. The summed E-state index contributed by atoms with van der Waals surface area (Å²) in [5.74, 6) is 2.83. The van der Waals surface area contributed by atoms with Gasteiger partial charge >= 0.3 is 0 Å². The topological polar surface area (TPSA) is 49.2 Å². The molecule has 4 heterocycles. The lowest BCUT2D eigenvalue weighted by atomic mass is 9.94. The molecule has 5 heteroatoms. The van der Waals surface area contributed by atoms with Crippen molar-refractivity contribution in [3.05, 3.63) is 66.0 Å². The quantitative estimate of drug-likeness (QED) is 0.600. The summed E-state index contributed by atoms with van der Waals surface area (Å²) < 4.78 is 2.19. The number of fused-ring (bicyclic) bond motifs is 2. The number of nitrogens with one attached hydrogen (secondary N) is 1. The second kappa shape index (κ2) is 6.82. The van der Waals surface area contributed by atoms with Crippen molar-refractivity contribution in [3.8, 4) is 0 Å². The molecule has 1 fully saturated rings. The number of aromatic amines is 1. The lowest BCUT2D eigenvalue weighted by Gasteiger charge is -2.32. The van der Waals surface area contributed by atoms with E-state index in [4.69, 9.17) is 9.97 Å². The van der Waals surface area contributed by atoms with Gasteiger partial charge in [0.25, 0.3) is 0 Å². The van der Waals surface area contributed by atoms with Gasteiger partial charge in [-0.25, -0.2) is 9.97 Å². The van der Waals surface area contributed by atoms with Crippen molar-refractivity contribution < 1.29 is 0 Å². The number of nitrogens with zero attached hydrogens (tertiary/aromatic N) is 4. The fraction of sp³-hybridized carbons (Fsp3) is 0.364. The molecule has 0 radical (unpaired) electrons. The van der Waals surface area contributed by atoms with E-state index < -0.39 is 0 Å². The van der Waals surface area contributed by atoms with Crippen molar-refractivity contribution >= 4 is 16.6 Å². The number of aromatic nitrogens is 4. The Hall–Kier alpha value is -2.66. The van der Waals surface area contributed by atoms with Crippen LogP contribution in [-0.4, -0.2) is 37.3 Å². The van der Waals surface area contributed by atoms with Gasteiger partial charge in [-0.1, -0.05) is 18.2 Å². The van der Waals surface area contributed by atoms with Crippen molar-refractivity contribution in [2.24, 2.45) is 5.92 Å². The standard InChI is InChI=1S/C22H25N5/c1-16-23-20(21-10-4-5-12-27(16)21)15-26-11-6-7-17(14-26)13-22-24-18-8-2-3-9-19(18)25-22/h2-5,8-10,12,17H,6-7,11,13-15H2,1H3,(H,24,25)/t17-/m0/s1. The molecule has 0 bridgehead atoms. The number of imidazole rings is 2. The summed E-state index contributed by atoms with van der Waals surface area (Å²) >= 11 is 0. The Morgan fingerprint density at radius 3 is 2.93 bits per heavy atom. The minimum Gasteiger partial charge on any atom is -0.342 e. The molecule has 1 saturated heterocycles. The van der Waals surface area contributed by atoms with E-state index in [-0.39, 0.29) is 0 Å². The van der Waals surface area contributed by atoms with E-state index in [0.29, 0.717) is 5.92 Å². The molecule has 1 aliphatic heterocycles. The second-order valence-electron chi connectivity index (χ2n) is 7.71. The summed E-state index contributed by atoms with van der Waals surface area (Å²) in [6, 6.07) is 14.6. The minimum atomic E-state index is 0.647. The highest BCUT2D eigenvalue weighted by Gasteiger charge is 2.23. The molecule has 1 aromatic carbocycles. The maximum absolute atomic E-state index is 4.82. The third-order valence-electron chi connectivity index (χ3n) is 5.70. The zero-order valence-electron chi connectivity index (χ0n) is 15.7. The summed E-state index contributed by atoms with van der Waals surface area (Å²) in [7, 11) is 0. The van der Waals surface area contributed by atoms with Gasteiger partial charge in [-0.15, -0.1) is 0 Å². The highest BCUT2D eigenvalue weighted by Crippen LogP contribution is 2.23. The van der Waals surface area contributed by atoms with E-state index in [1.54, 1.807) is 0 Å². The number of aryl methyl sites for hydroxylation is 1. The number of hydrogen-bond acceptors (Lipinski definition) is 3. The summed E-state index contributed by atoms with van der Waals surface area (Å²) in [6.45, 7) is 5.28. The predicted molar refractivity (Wildman–Crippen MR) is 108 cm³/mol. The number of hydrogen-bond donors (Lipinski definition) is 1. The molecule has 0 amide bonds. The van der Waals surface area contributed by atoms with Gasteiger partial charge in [0.1, 0.15) is 11.6 Å². The Morgan fingerprint density at radius 2 is 2.00 bits per heavy atom. The van der Waals surface area contributed by atoms with Crippen LogP contribution in [0.25, 0.3) is 16.6 Å². The molecule has 0 spiro atoms. The molecular formula is C22H25N5. The SMILES string of the molecule is Cc1nc(CN2CCC[C@@H](Cc3nc4ccccc4[nH]3)C2)c2ccccn12. The summed E-state index contributed by atoms with van der Waals surface area (Å²) in [4.78, 5) is 15.6. The molecule has 3 aromatic heterocycles. The average molecular weight is 359 g/mol. The lowest BCUT2D eigenvalue weighted by Crippen LogP contribution is -2.36. The predicted octanol–water partition coefficient (Wildman–Crippen LogP) is 3.97. The normalized spacial score (nSPS) is 18.5. The molecular weight excluding hydrogens is 334 g/mol. The van der Waals surface area contributed by atoms with Crippen LogP contribution in [0.15, 0.2) is 48.7 Å². The summed E-state index contributed by atoms with van der Waals surface area (Å²) in [5.41, 5.74) is 4.63. The van der Waals surface area contributed by atoms with Crippen LogP contribution >= 0.6 is 0 Å². The van der Waals surface area contributed by atoms with Crippen LogP contribution in [0.4, 0.5) is 0 Å². The average Bonchev–Trinajstić information content (AvgIpc) is 3.23. The zero-order chi connectivity index (χ0) is 18.2. The number of rotatable bonds is 4. The van der Waals surface area contributed by atoms with E-state index in [0.717, 1.165) is 48.7 Å². The van der Waals surface area contributed by atoms with E-state index in [9.17, 15) is 0 Å². The Bertz CT molecular complexity index is 1040. The van der Waals surface area contributed by atoms with Gasteiger partial charge in [-0.05, 0) is 56.5 Å². The van der Waals surface area contributed by atoms with Gasteiger partial charge in [-0.2, -0.15) is 0 Å². The Kier molecular flexibility index (Phi) is 4.17. The van der Waals surface area contributed by atoms with Crippen LogP contribution in [0, 0.1) is 12.8 Å². The van der Waals surface area contributed by atoms with Crippen molar-refractivity contribution in [1.29, 1.82) is 0 Å². The number of piperidine rings is 1. The molecule has 1 N–H and O–H groups in total. The van der Waals surface area contributed by atoms with Gasteiger partial charge in [-0.3, -0.25) is 4.90 Å². The summed E-state index contributed by atoms with van der Waals surface area (Å²) in [5, 5.41) is 0. The second-order valence-corrected chi connectivity index (χ2v) is 7.71.